The van der Waals surface area contributed by atoms with E-state index in [1.165, 1.54) is 231 Å². The molecule has 6 heteroatoms. The third-order valence-electron chi connectivity index (χ3n) is 14.0. The monoisotopic (exact) mass is 971 g/mol. The molecule has 0 rings (SSSR count). The van der Waals surface area contributed by atoms with Crippen molar-refractivity contribution < 1.29 is 28.6 Å². The van der Waals surface area contributed by atoms with Crippen LogP contribution in [0.25, 0.3) is 0 Å². The summed E-state index contributed by atoms with van der Waals surface area (Å²) in [4.78, 5) is 37.8. The Kier molecular flexibility index (Phi) is 56.7. The summed E-state index contributed by atoms with van der Waals surface area (Å²) in [7, 11) is 0. The Labute approximate surface area is 430 Å². The van der Waals surface area contributed by atoms with Gasteiger partial charge in [0.1, 0.15) is 13.2 Å². The summed E-state index contributed by atoms with van der Waals surface area (Å²) in [5.41, 5.74) is 0. The summed E-state index contributed by atoms with van der Waals surface area (Å²) in [5.74, 6) is -0.867. The van der Waals surface area contributed by atoms with Gasteiger partial charge in [-0.25, -0.2) is 0 Å². The minimum Gasteiger partial charge on any atom is -0.462 e. The lowest BCUT2D eigenvalue weighted by Crippen LogP contribution is -2.30. The molecule has 0 saturated carbocycles. The van der Waals surface area contributed by atoms with E-state index in [4.69, 9.17) is 14.2 Å². The summed E-state index contributed by atoms with van der Waals surface area (Å²) in [6.45, 7) is 6.58. The Morgan fingerprint density at radius 2 is 0.522 bits per heavy atom. The van der Waals surface area contributed by atoms with Crippen molar-refractivity contribution in [3.8, 4) is 0 Å². The molecule has 0 N–H and O–H groups in total. The van der Waals surface area contributed by atoms with Gasteiger partial charge in [-0.2, -0.15) is 0 Å². The average Bonchev–Trinajstić information content (AvgIpc) is 3.35. The number of ether oxygens (including phenoxy) is 3. The lowest BCUT2D eigenvalue weighted by Gasteiger charge is -2.18. The van der Waals surface area contributed by atoms with E-state index < -0.39 is 6.10 Å². The Morgan fingerprint density at radius 3 is 0.826 bits per heavy atom. The Balaban J connectivity index is 3.97. The van der Waals surface area contributed by atoms with Gasteiger partial charge in [0.05, 0.1) is 0 Å². The second-order valence-electron chi connectivity index (χ2n) is 21.0. The van der Waals surface area contributed by atoms with E-state index in [1.54, 1.807) is 0 Å². The van der Waals surface area contributed by atoms with Crippen LogP contribution >= 0.6 is 0 Å². The maximum absolute atomic E-state index is 12.8. The van der Waals surface area contributed by atoms with Crippen LogP contribution in [0, 0.1) is 0 Å². The average molecular weight is 972 g/mol. The number of hydrogen-bond acceptors (Lipinski definition) is 6. The Hall–Kier alpha value is -2.11. The lowest BCUT2D eigenvalue weighted by atomic mass is 10.0. The molecule has 6 nitrogen and oxygen atoms in total. The van der Waals surface area contributed by atoms with Crippen LogP contribution in [0.3, 0.4) is 0 Å². The number of carbonyl (C=O) groups excluding carboxylic acids is 3. The van der Waals surface area contributed by atoms with Crippen molar-refractivity contribution in [1.82, 2.24) is 0 Å². The van der Waals surface area contributed by atoms with Crippen LogP contribution in [0.4, 0.5) is 0 Å². The van der Waals surface area contributed by atoms with Gasteiger partial charge >= 0.3 is 17.9 Å². The van der Waals surface area contributed by atoms with E-state index in [1.807, 2.05) is 0 Å². The molecule has 0 aliphatic rings. The van der Waals surface area contributed by atoms with Gasteiger partial charge in [0, 0.05) is 19.3 Å². The zero-order chi connectivity index (χ0) is 50.0. The van der Waals surface area contributed by atoms with E-state index in [-0.39, 0.29) is 31.1 Å². The molecule has 0 fully saturated rings. The van der Waals surface area contributed by atoms with Gasteiger partial charge in [-0.05, 0) is 51.4 Å². The first-order chi connectivity index (χ1) is 34.0. The van der Waals surface area contributed by atoms with E-state index in [2.05, 4.69) is 45.1 Å². The molecular formula is C63H118O6. The van der Waals surface area contributed by atoms with Gasteiger partial charge in [-0.3, -0.25) is 14.4 Å². The minimum absolute atomic E-state index is 0.0688. The fourth-order valence-electron chi connectivity index (χ4n) is 9.30. The van der Waals surface area contributed by atoms with Crippen molar-refractivity contribution in [2.75, 3.05) is 13.2 Å². The molecule has 69 heavy (non-hydrogen) atoms. The molecule has 0 heterocycles. The minimum atomic E-state index is -0.767. The van der Waals surface area contributed by atoms with Crippen LogP contribution in [0.2, 0.25) is 0 Å². The van der Waals surface area contributed by atoms with Crippen LogP contribution in [-0.4, -0.2) is 37.2 Å². The van der Waals surface area contributed by atoms with E-state index >= 15 is 0 Å². The molecule has 406 valence electrons. The molecule has 0 aromatic rings. The molecule has 0 spiro atoms. The fraction of sp³-hybridized carbons (Fsp3) is 0.889. The van der Waals surface area contributed by atoms with Gasteiger partial charge in [0.2, 0.25) is 0 Å². The molecule has 0 aliphatic heterocycles. The molecule has 0 amide bonds. The molecule has 1 atom stereocenters. The number of hydrogen-bond donors (Lipinski definition) is 0. The topological polar surface area (TPSA) is 78.9 Å². The molecule has 0 saturated heterocycles. The second-order valence-corrected chi connectivity index (χ2v) is 21.0. The smallest absolute Gasteiger partial charge is 0.306 e. The zero-order valence-electron chi connectivity index (χ0n) is 46.6. The standard InChI is InChI=1S/C63H118O6/c1-4-7-10-13-15-17-19-21-23-25-27-28-29-30-31-32-33-34-36-37-39-41-43-45-47-50-53-56-62(65)68-59-60(58-67-61(64)55-52-49-12-9-6-3)69-63(66)57-54-51-48-46-44-42-40-38-35-26-24-22-20-18-16-14-11-8-5-2/h16,18,22,24,60H,4-15,17,19-21,23,25-59H2,1-3H3/b18-16-,24-22-. The number of allylic oxidation sites excluding steroid dienone is 4. The molecule has 1 unspecified atom stereocenters. The van der Waals surface area contributed by atoms with Crippen LogP contribution in [0.5, 0.6) is 0 Å². The molecule has 0 aromatic heterocycles. The molecule has 0 radical (unpaired) electrons. The molecule has 0 aromatic carbocycles. The summed E-state index contributed by atoms with van der Waals surface area (Å²) >= 11 is 0. The third-order valence-corrected chi connectivity index (χ3v) is 14.0. The lowest BCUT2D eigenvalue weighted by molar-refractivity contribution is -0.167. The zero-order valence-corrected chi connectivity index (χ0v) is 46.6. The molecule has 0 bridgehead atoms. The van der Waals surface area contributed by atoms with Crippen molar-refractivity contribution >= 4 is 17.9 Å². The maximum Gasteiger partial charge on any atom is 0.306 e. The number of rotatable bonds is 57. The van der Waals surface area contributed by atoms with Crippen LogP contribution < -0.4 is 0 Å². The Bertz CT molecular complexity index is 1110. The highest BCUT2D eigenvalue weighted by Gasteiger charge is 2.19. The van der Waals surface area contributed by atoms with Crippen LogP contribution in [0.1, 0.15) is 342 Å². The highest BCUT2D eigenvalue weighted by Crippen LogP contribution is 2.18. The predicted octanol–water partition coefficient (Wildman–Crippen LogP) is 20.7. The van der Waals surface area contributed by atoms with Gasteiger partial charge in [-0.15, -0.1) is 0 Å². The highest BCUT2D eigenvalue weighted by atomic mass is 16.6. The number of unbranched alkanes of at least 4 members (excludes halogenated alkanes) is 42. The van der Waals surface area contributed by atoms with Crippen molar-refractivity contribution in [3.05, 3.63) is 24.3 Å². The number of esters is 3. The van der Waals surface area contributed by atoms with Gasteiger partial charge < -0.3 is 14.2 Å². The SMILES string of the molecule is CCCCC/C=C\C/C=C\CCCCCCCCCCCC(=O)OC(COC(=O)CCCCCCC)COC(=O)CCCCCCCCCCCCCCCCCCCCCCCCCCCCC. The van der Waals surface area contributed by atoms with Gasteiger partial charge in [-0.1, -0.05) is 295 Å². The summed E-state index contributed by atoms with van der Waals surface area (Å²) in [5, 5.41) is 0. The third kappa shape index (κ3) is 56.7. The van der Waals surface area contributed by atoms with Crippen molar-refractivity contribution in [1.29, 1.82) is 0 Å². The van der Waals surface area contributed by atoms with Crippen molar-refractivity contribution in [3.63, 3.8) is 0 Å². The first kappa shape index (κ1) is 66.9. The molecular weight excluding hydrogens is 853 g/mol. The summed E-state index contributed by atoms with van der Waals surface area (Å²) in [6, 6.07) is 0. The fourth-order valence-corrected chi connectivity index (χ4v) is 9.30. The Morgan fingerprint density at radius 1 is 0.290 bits per heavy atom. The predicted molar refractivity (Wildman–Crippen MR) is 298 cm³/mol. The quantitative estimate of drug-likeness (QED) is 0.0261. The van der Waals surface area contributed by atoms with E-state index in [0.717, 1.165) is 70.6 Å². The highest BCUT2D eigenvalue weighted by molar-refractivity contribution is 5.71. The molecule has 0 aliphatic carbocycles. The summed E-state index contributed by atoms with van der Waals surface area (Å²) in [6.07, 6.45) is 69.5. The van der Waals surface area contributed by atoms with Crippen LogP contribution in [0.15, 0.2) is 24.3 Å². The number of carbonyl (C=O) groups is 3. The second kappa shape index (κ2) is 58.5. The van der Waals surface area contributed by atoms with Gasteiger partial charge in [0.15, 0.2) is 6.10 Å². The summed E-state index contributed by atoms with van der Waals surface area (Å²) < 4.78 is 16.8. The van der Waals surface area contributed by atoms with E-state index in [9.17, 15) is 14.4 Å². The first-order valence-corrected chi connectivity index (χ1v) is 30.8. The van der Waals surface area contributed by atoms with E-state index in [0.29, 0.717) is 19.3 Å². The maximum atomic E-state index is 12.8. The van der Waals surface area contributed by atoms with Crippen molar-refractivity contribution in [2.24, 2.45) is 0 Å². The largest absolute Gasteiger partial charge is 0.462 e. The van der Waals surface area contributed by atoms with Crippen molar-refractivity contribution in [2.45, 2.75) is 348 Å². The van der Waals surface area contributed by atoms with Crippen LogP contribution in [-0.2, 0) is 28.6 Å². The van der Waals surface area contributed by atoms with Gasteiger partial charge in [0.25, 0.3) is 0 Å². The normalized spacial score (nSPS) is 12.1. The first-order valence-electron chi connectivity index (χ1n) is 30.8.